The van der Waals surface area contributed by atoms with Gasteiger partial charge in [-0.2, -0.15) is 0 Å². The Morgan fingerprint density at radius 1 is 1.00 bits per heavy atom. The summed E-state index contributed by atoms with van der Waals surface area (Å²) in [5.41, 5.74) is 1.65. The summed E-state index contributed by atoms with van der Waals surface area (Å²) in [4.78, 5) is 12.1. The van der Waals surface area contributed by atoms with Gasteiger partial charge in [-0.25, -0.2) is 4.39 Å². The fourth-order valence-electron chi connectivity index (χ4n) is 1.68. The van der Waals surface area contributed by atoms with Crippen molar-refractivity contribution < 1.29 is 9.18 Å². The van der Waals surface area contributed by atoms with Crippen LogP contribution in [0.5, 0.6) is 0 Å². The summed E-state index contributed by atoms with van der Waals surface area (Å²) >= 11 is 0. The lowest BCUT2D eigenvalue weighted by Gasteiger charge is -2.18. The Labute approximate surface area is 130 Å². The van der Waals surface area contributed by atoms with Crippen molar-refractivity contribution in [1.82, 2.24) is 0 Å². The Kier molecular flexibility index (Phi) is 4.62. The highest BCUT2D eigenvalue weighted by atomic mass is 19.1. The summed E-state index contributed by atoms with van der Waals surface area (Å²) in [6, 6.07) is 13.4. The number of halogens is 1. The predicted octanol–water partition coefficient (Wildman–Crippen LogP) is 4.21. The van der Waals surface area contributed by atoms with Gasteiger partial charge in [0.25, 0.3) is 0 Å². The molecule has 0 spiro atoms. The van der Waals surface area contributed by atoms with Gasteiger partial charge < -0.3 is 5.32 Å². The summed E-state index contributed by atoms with van der Waals surface area (Å²) in [7, 11) is 0. The van der Waals surface area contributed by atoms with Gasteiger partial charge in [-0.3, -0.25) is 4.79 Å². The largest absolute Gasteiger partial charge is 0.325 e. The van der Waals surface area contributed by atoms with Gasteiger partial charge in [0.15, 0.2) is 0 Å². The topological polar surface area (TPSA) is 29.1 Å². The monoisotopic (exact) mass is 295 g/mol. The van der Waals surface area contributed by atoms with Gasteiger partial charge in [-0.15, -0.1) is 0 Å². The first-order valence-corrected chi connectivity index (χ1v) is 7.04. The molecule has 2 rings (SSSR count). The van der Waals surface area contributed by atoms with E-state index in [1.807, 2.05) is 45.0 Å². The Hall–Kier alpha value is -2.60. The molecule has 0 aromatic heterocycles. The highest BCUT2D eigenvalue weighted by molar-refractivity contribution is 5.95. The molecule has 2 aromatic rings. The third-order valence-corrected chi connectivity index (χ3v) is 3.04. The number of nitrogens with one attached hydrogen (secondary N) is 1. The van der Waals surface area contributed by atoms with E-state index in [2.05, 4.69) is 17.2 Å². The molecular weight excluding hydrogens is 277 g/mol. The first-order valence-electron chi connectivity index (χ1n) is 7.04. The first kappa shape index (κ1) is 15.8. The van der Waals surface area contributed by atoms with Crippen LogP contribution in [0.25, 0.3) is 0 Å². The lowest BCUT2D eigenvalue weighted by Crippen LogP contribution is -2.27. The van der Waals surface area contributed by atoms with Crippen LogP contribution < -0.4 is 5.32 Å². The highest BCUT2D eigenvalue weighted by Crippen LogP contribution is 2.20. The number of para-hydroxylation sites is 1. The maximum atomic E-state index is 12.9. The van der Waals surface area contributed by atoms with Crippen molar-refractivity contribution in [2.75, 3.05) is 5.32 Å². The molecule has 0 saturated carbocycles. The number of carbonyl (C=O) groups excluding carboxylic acids is 1. The molecular formula is C19H18FNO. The van der Waals surface area contributed by atoms with Crippen LogP contribution in [0, 0.1) is 23.1 Å². The van der Waals surface area contributed by atoms with Crippen molar-refractivity contribution in [2.24, 2.45) is 5.41 Å². The summed E-state index contributed by atoms with van der Waals surface area (Å²) in [5, 5.41) is 2.89. The lowest BCUT2D eigenvalue weighted by molar-refractivity contribution is -0.123. The van der Waals surface area contributed by atoms with E-state index in [9.17, 15) is 9.18 Å². The Morgan fingerprint density at radius 3 is 2.27 bits per heavy atom. The van der Waals surface area contributed by atoms with E-state index in [0.717, 1.165) is 11.1 Å². The van der Waals surface area contributed by atoms with Gasteiger partial charge in [0.05, 0.1) is 5.69 Å². The highest BCUT2D eigenvalue weighted by Gasteiger charge is 2.21. The van der Waals surface area contributed by atoms with Crippen LogP contribution in [0.4, 0.5) is 10.1 Å². The summed E-state index contributed by atoms with van der Waals surface area (Å²) in [5.74, 6) is 5.64. The standard InChI is InChI=1S/C19H18FNO/c1-19(2,3)18(22)21-17-7-5-4-6-15(17)11-8-14-9-12-16(20)13-10-14/h4-7,9-10,12-13H,1-3H3,(H,21,22). The zero-order valence-electron chi connectivity index (χ0n) is 12.9. The molecule has 0 radical (unpaired) electrons. The summed E-state index contributed by atoms with van der Waals surface area (Å²) < 4.78 is 12.9. The quantitative estimate of drug-likeness (QED) is 0.785. The van der Waals surface area contributed by atoms with Crippen molar-refractivity contribution in [2.45, 2.75) is 20.8 Å². The average molecular weight is 295 g/mol. The first-order chi connectivity index (χ1) is 10.4. The number of hydrogen-bond donors (Lipinski definition) is 1. The van der Waals surface area contributed by atoms with Crippen LogP contribution >= 0.6 is 0 Å². The third-order valence-electron chi connectivity index (χ3n) is 3.04. The molecule has 0 bridgehead atoms. The van der Waals surface area contributed by atoms with E-state index in [1.54, 1.807) is 12.1 Å². The van der Waals surface area contributed by atoms with Crippen molar-refractivity contribution in [3.05, 3.63) is 65.5 Å². The van der Waals surface area contributed by atoms with Gasteiger partial charge >= 0.3 is 0 Å². The SMILES string of the molecule is CC(C)(C)C(=O)Nc1ccccc1C#Cc1ccc(F)cc1. The number of hydrogen-bond acceptors (Lipinski definition) is 1. The molecule has 0 heterocycles. The van der Waals surface area contributed by atoms with E-state index in [1.165, 1.54) is 12.1 Å². The number of anilines is 1. The zero-order valence-corrected chi connectivity index (χ0v) is 12.9. The fraction of sp³-hybridized carbons (Fsp3) is 0.211. The van der Waals surface area contributed by atoms with Crippen molar-refractivity contribution in [1.29, 1.82) is 0 Å². The molecule has 0 aliphatic heterocycles. The molecule has 0 aliphatic carbocycles. The van der Waals surface area contributed by atoms with Crippen LogP contribution in [-0.4, -0.2) is 5.91 Å². The van der Waals surface area contributed by atoms with Crippen LogP contribution in [0.1, 0.15) is 31.9 Å². The molecule has 1 amide bonds. The molecule has 0 aliphatic rings. The maximum Gasteiger partial charge on any atom is 0.229 e. The minimum atomic E-state index is -0.475. The fourth-order valence-corrected chi connectivity index (χ4v) is 1.68. The number of benzene rings is 2. The molecule has 1 N–H and O–H groups in total. The number of amides is 1. The molecule has 0 saturated heterocycles. The second-order valence-electron chi connectivity index (χ2n) is 6.01. The number of rotatable bonds is 1. The smallest absolute Gasteiger partial charge is 0.229 e. The molecule has 0 atom stereocenters. The van der Waals surface area contributed by atoms with Gasteiger partial charge in [0.1, 0.15) is 5.82 Å². The molecule has 2 nitrogen and oxygen atoms in total. The average Bonchev–Trinajstić information content (AvgIpc) is 2.47. The second kappa shape index (κ2) is 6.44. The van der Waals surface area contributed by atoms with Crippen LogP contribution in [-0.2, 0) is 4.79 Å². The molecule has 2 aromatic carbocycles. The lowest BCUT2D eigenvalue weighted by atomic mass is 9.95. The van der Waals surface area contributed by atoms with E-state index < -0.39 is 5.41 Å². The van der Waals surface area contributed by atoms with Crippen molar-refractivity contribution >= 4 is 11.6 Å². The molecule has 0 fully saturated rings. The molecule has 22 heavy (non-hydrogen) atoms. The minimum Gasteiger partial charge on any atom is -0.325 e. The molecule has 3 heteroatoms. The number of carbonyl (C=O) groups is 1. The van der Waals surface area contributed by atoms with Crippen LogP contribution in [0.3, 0.4) is 0 Å². The summed E-state index contributed by atoms with van der Waals surface area (Å²) in [6.45, 7) is 5.57. The van der Waals surface area contributed by atoms with E-state index in [4.69, 9.17) is 0 Å². The Morgan fingerprint density at radius 2 is 1.64 bits per heavy atom. The Bertz CT molecular complexity index is 731. The zero-order chi connectivity index (χ0) is 16.2. The summed E-state index contributed by atoms with van der Waals surface area (Å²) in [6.07, 6.45) is 0. The third kappa shape index (κ3) is 4.20. The van der Waals surface area contributed by atoms with Gasteiger partial charge in [0, 0.05) is 16.5 Å². The van der Waals surface area contributed by atoms with Crippen molar-refractivity contribution in [3.8, 4) is 11.8 Å². The van der Waals surface area contributed by atoms with E-state index in [0.29, 0.717) is 5.69 Å². The molecule has 0 unspecified atom stereocenters. The Balaban J connectivity index is 2.26. The minimum absolute atomic E-state index is 0.0662. The molecule has 112 valence electrons. The van der Waals surface area contributed by atoms with Gasteiger partial charge in [-0.05, 0) is 36.4 Å². The maximum absolute atomic E-state index is 12.9. The van der Waals surface area contributed by atoms with Gasteiger partial charge in [0.2, 0.25) is 5.91 Å². The predicted molar refractivity (Wildman–Crippen MR) is 86.9 cm³/mol. The van der Waals surface area contributed by atoms with Crippen molar-refractivity contribution in [3.63, 3.8) is 0 Å². The second-order valence-corrected chi connectivity index (χ2v) is 6.01. The normalized spacial score (nSPS) is 10.5. The van der Waals surface area contributed by atoms with Crippen LogP contribution in [0.15, 0.2) is 48.5 Å². The van der Waals surface area contributed by atoms with E-state index in [-0.39, 0.29) is 11.7 Å². The van der Waals surface area contributed by atoms with Gasteiger partial charge in [-0.1, -0.05) is 44.7 Å². The van der Waals surface area contributed by atoms with E-state index >= 15 is 0 Å². The van der Waals surface area contributed by atoms with Crippen LogP contribution in [0.2, 0.25) is 0 Å².